The van der Waals surface area contributed by atoms with Gasteiger partial charge >= 0.3 is 0 Å². The van der Waals surface area contributed by atoms with Gasteiger partial charge in [0.25, 0.3) is 8.32 Å². The second-order valence-corrected chi connectivity index (χ2v) is 12.7. The van der Waals surface area contributed by atoms with Gasteiger partial charge in [-0.05, 0) is 27.8 Å². The van der Waals surface area contributed by atoms with E-state index in [0.29, 0.717) is 24.7 Å². The third-order valence-corrected chi connectivity index (χ3v) is 10.6. The van der Waals surface area contributed by atoms with Gasteiger partial charge in [-0.15, -0.1) is 0 Å². The maximum absolute atomic E-state index is 12.0. The maximum atomic E-state index is 12.0. The summed E-state index contributed by atoms with van der Waals surface area (Å²) in [6.07, 6.45) is 1.63. The number of Topliss-reactive ketones (excluding diaryl/α,β-unsaturated/α-hetero) is 1. The molecule has 3 heteroatoms. The summed E-state index contributed by atoms with van der Waals surface area (Å²) in [5, 5.41) is 2.60. The number of carbonyl (C=O) groups is 1. The number of ketones is 1. The van der Waals surface area contributed by atoms with Gasteiger partial charge in [0.1, 0.15) is 5.78 Å². The Labute approximate surface area is 158 Å². The summed E-state index contributed by atoms with van der Waals surface area (Å²) in [5.41, 5.74) is 0. The monoisotopic (exact) mass is 366 g/mol. The second kappa shape index (κ2) is 7.49. The first-order valence-electron chi connectivity index (χ1n) is 9.68. The minimum Gasteiger partial charge on any atom is -0.407 e. The first-order valence-corrected chi connectivity index (χ1v) is 11.6. The number of hydrogen-bond donors (Lipinski definition) is 0. The van der Waals surface area contributed by atoms with Crippen molar-refractivity contribution in [3.05, 3.63) is 60.7 Å². The van der Waals surface area contributed by atoms with Crippen molar-refractivity contribution in [2.45, 2.75) is 45.6 Å². The van der Waals surface area contributed by atoms with Crippen molar-refractivity contribution in [3.63, 3.8) is 0 Å². The number of hydrogen-bond acceptors (Lipinski definition) is 2. The van der Waals surface area contributed by atoms with E-state index in [-0.39, 0.29) is 11.0 Å². The molecule has 3 rings (SSSR count). The first-order chi connectivity index (χ1) is 12.4. The van der Waals surface area contributed by atoms with E-state index >= 15 is 0 Å². The number of benzene rings is 2. The highest BCUT2D eigenvalue weighted by molar-refractivity contribution is 6.99. The Morgan fingerprint density at radius 3 is 1.92 bits per heavy atom. The second-order valence-electron chi connectivity index (χ2n) is 8.40. The Morgan fingerprint density at radius 2 is 1.50 bits per heavy atom. The quantitative estimate of drug-likeness (QED) is 0.687. The van der Waals surface area contributed by atoms with Crippen LogP contribution in [0.5, 0.6) is 0 Å². The molecule has 138 valence electrons. The van der Waals surface area contributed by atoms with E-state index in [9.17, 15) is 4.79 Å². The van der Waals surface area contributed by atoms with Crippen LogP contribution in [0, 0.1) is 11.8 Å². The zero-order valence-corrected chi connectivity index (χ0v) is 17.4. The van der Waals surface area contributed by atoms with E-state index in [1.54, 1.807) is 0 Å². The molecule has 0 N–H and O–H groups in total. The van der Waals surface area contributed by atoms with Crippen LogP contribution < -0.4 is 10.4 Å². The molecule has 2 nitrogen and oxygen atoms in total. The zero-order chi connectivity index (χ0) is 18.8. The largest absolute Gasteiger partial charge is 0.407 e. The topological polar surface area (TPSA) is 26.3 Å². The molecule has 2 atom stereocenters. The molecule has 1 aliphatic carbocycles. The minimum atomic E-state index is -2.46. The van der Waals surface area contributed by atoms with Gasteiger partial charge in [0.05, 0.1) is 0 Å². The van der Waals surface area contributed by atoms with Crippen molar-refractivity contribution in [1.82, 2.24) is 0 Å². The lowest BCUT2D eigenvalue weighted by Crippen LogP contribution is -2.66. The van der Waals surface area contributed by atoms with Gasteiger partial charge in [-0.25, -0.2) is 0 Å². The van der Waals surface area contributed by atoms with Gasteiger partial charge in [0, 0.05) is 18.9 Å². The summed E-state index contributed by atoms with van der Waals surface area (Å²) in [4.78, 5) is 12.0. The van der Waals surface area contributed by atoms with Crippen LogP contribution in [0.2, 0.25) is 5.04 Å². The van der Waals surface area contributed by atoms with Crippen LogP contribution >= 0.6 is 0 Å². The molecule has 0 aliphatic heterocycles. The Balaban J connectivity index is 1.97. The molecular weight excluding hydrogens is 336 g/mol. The van der Waals surface area contributed by atoms with Crippen LogP contribution in [-0.4, -0.2) is 20.7 Å². The van der Waals surface area contributed by atoms with Crippen LogP contribution in [0.25, 0.3) is 0 Å². The molecule has 2 aromatic rings. The maximum Gasteiger partial charge on any atom is 0.261 e. The lowest BCUT2D eigenvalue weighted by molar-refractivity contribution is -0.120. The van der Waals surface area contributed by atoms with E-state index in [1.165, 1.54) is 10.4 Å². The Morgan fingerprint density at radius 1 is 1.00 bits per heavy atom. The molecule has 1 fully saturated rings. The molecule has 0 aromatic heterocycles. The molecule has 26 heavy (non-hydrogen) atoms. The summed E-state index contributed by atoms with van der Waals surface area (Å²) in [5.74, 6) is 1.00. The fourth-order valence-electron chi connectivity index (χ4n) is 4.08. The van der Waals surface area contributed by atoms with E-state index in [1.807, 2.05) is 6.92 Å². The number of carbonyl (C=O) groups excluding carboxylic acids is 1. The summed E-state index contributed by atoms with van der Waals surface area (Å²) in [6.45, 7) is 9.52. The van der Waals surface area contributed by atoms with Crippen molar-refractivity contribution in [2.75, 3.05) is 6.61 Å². The Bertz CT molecular complexity index is 694. The molecule has 1 aliphatic rings. The average molecular weight is 367 g/mol. The standard InChI is InChI=1S/C23H30O2Si/c1-5-22(24)21-16-18(21)17-25-26(23(2,3)4,19-12-8-6-9-13-19)20-14-10-7-11-15-20/h6-15,18,21H,5,16-17H2,1-4H3/t18-,21+/m0/s1. The molecule has 0 spiro atoms. The molecule has 2 aromatic carbocycles. The van der Waals surface area contributed by atoms with Gasteiger partial charge in [0.2, 0.25) is 0 Å². The van der Waals surface area contributed by atoms with Crippen molar-refractivity contribution in [1.29, 1.82) is 0 Å². The van der Waals surface area contributed by atoms with Crippen LogP contribution in [0.15, 0.2) is 60.7 Å². The van der Waals surface area contributed by atoms with Crippen molar-refractivity contribution >= 4 is 24.5 Å². The van der Waals surface area contributed by atoms with Crippen LogP contribution in [0.4, 0.5) is 0 Å². The third kappa shape index (κ3) is 3.56. The van der Waals surface area contributed by atoms with Gasteiger partial charge < -0.3 is 4.43 Å². The van der Waals surface area contributed by atoms with Gasteiger partial charge in [-0.3, -0.25) is 4.79 Å². The van der Waals surface area contributed by atoms with Crippen molar-refractivity contribution in [3.8, 4) is 0 Å². The van der Waals surface area contributed by atoms with Crippen LogP contribution in [-0.2, 0) is 9.22 Å². The fraction of sp³-hybridized carbons (Fsp3) is 0.435. The van der Waals surface area contributed by atoms with Gasteiger partial charge in [-0.1, -0.05) is 88.4 Å². The van der Waals surface area contributed by atoms with E-state index < -0.39 is 8.32 Å². The molecular formula is C23H30O2Si. The first kappa shape index (κ1) is 19.1. The summed E-state index contributed by atoms with van der Waals surface area (Å²) < 4.78 is 6.90. The lowest BCUT2D eigenvalue weighted by atomic mass is 10.2. The van der Waals surface area contributed by atoms with Crippen molar-refractivity contribution < 1.29 is 9.22 Å². The molecule has 0 bridgehead atoms. The molecule has 1 saturated carbocycles. The smallest absolute Gasteiger partial charge is 0.261 e. The highest BCUT2D eigenvalue weighted by Gasteiger charge is 2.52. The normalized spacial score (nSPS) is 20.0. The fourth-order valence-corrected chi connectivity index (χ4v) is 8.70. The number of rotatable bonds is 7. The summed E-state index contributed by atoms with van der Waals surface area (Å²) >= 11 is 0. The molecule has 0 radical (unpaired) electrons. The summed E-state index contributed by atoms with van der Waals surface area (Å²) in [6, 6.07) is 21.4. The lowest BCUT2D eigenvalue weighted by Gasteiger charge is -2.43. The molecule has 0 amide bonds. The summed E-state index contributed by atoms with van der Waals surface area (Å²) in [7, 11) is -2.46. The minimum absolute atomic E-state index is 0.00510. The van der Waals surface area contributed by atoms with E-state index in [2.05, 4.69) is 81.4 Å². The average Bonchev–Trinajstić information content (AvgIpc) is 3.42. The predicted molar refractivity (Wildman–Crippen MR) is 110 cm³/mol. The highest BCUT2D eigenvalue weighted by atomic mass is 28.4. The van der Waals surface area contributed by atoms with Crippen LogP contribution in [0.3, 0.4) is 0 Å². The predicted octanol–water partition coefficient (Wildman–Crippen LogP) is 4.18. The van der Waals surface area contributed by atoms with E-state index in [0.717, 1.165) is 6.42 Å². The van der Waals surface area contributed by atoms with Crippen LogP contribution in [0.1, 0.15) is 40.5 Å². The molecule has 0 heterocycles. The van der Waals surface area contributed by atoms with Gasteiger partial charge in [0.15, 0.2) is 0 Å². The van der Waals surface area contributed by atoms with E-state index in [4.69, 9.17) is 4.43 Å². The highest BCUT2D eigenvalue weighted by Crippen LogP contribution is 2.43. The van der Waals surface area contributed by atoms with Gasteiger partial charge in [-0.2, -0.15) is 0 Å². The van der Waals surface area contributed by atoms with Crippen molar-refractivity contribution in [2.24, 2.45) is 11.8 Å². The Kier molecular flexibility index (Phi) is 5.49. The zero-order valence-electron chi connectivity index (χ0n) is 16.4. The molecule has 0 saturated heterocycles. The SMILES string of the molecule is CCC(=O)[C@@H]1C[C@H]1CO[Si](c1ccccc1)(c1ccccc1)C(C)(C)C. The third-order valence-electron chi connectivity index (χ3n) is 5.62. The Hall–Kier alpha value is -1.71. The molecule has 0 unspecified atom stereocenters.